The van der Waals surface area contributed by atoms with Crippen molar-refractivity contribution < 1.29 is 19.4 Å². The summed E-state index contributed by atoms with van der Waals surface area (Å²) >= 11 is 0. The quantitative estimate of drug-likeness (QED) is 0.778. The van der Waals surface area contributed by atoms with E-state index in [0.717, 1.165) is 19.3 Å². The lowest BCUT2D eigenvalue weighted by Gasteiger charge is -2.22. The molecule has 1 heterocycles. The molecule has 2 amide bonds. The molecule has 0 spiro atoms. The van der Waals surface area contributed by atoms with Gasteiger partial charge in [0.15, 0.2) is 0 Å². The van der Waals surface area contributed by atoms with Crippen molar-refractivity contribution in [3.8, 4) is 0 Å². The standard InChI is InChI=1S/C12H20N2O4/c1-18-8-5-6-14(7-8)12(17)13-10-4-2-3-9(10)11(15)16/h8-10H,2-7H2,1H3,(H,13,17)(H,15,16). The van der Waals surface area contributed by atoms with Gasteiger partial charge in [0, 0.05) is 26.2 Å². The molecule has 1 aliphatic heterocycles. The Morgan fingerprint density at radius 2 is 2.11 bits per heavy atom. The molecule has 1 aliphatic carbocycles. The average Bonchev–Trinajstić information content (AvgIpc) is 2.96. The summed E-state index contributed by atoms with van der Waals surface area (Å²) in [6, 6.07) is -0.385. The second-order valence-corrected chi connectivity index (χ2v) is 5.02. The number of urea groups is 1. The lowest BCUT2D eigenvalue weighted by atomic mass is 10.0. The molecule has 1 saturated heterocycles. The van der Waals surface area contributed by atoms with Crippen LogP contribution >= 0.6 is 0 Å². The number of carboxylic acids is 1. The van der Waals surface area contributed by atoms with Gasteiger partial charge < -0.3 is 20.1 Å². The van der Waals surface area contributed by atoms with Gasteiger partial charge in [-0.15, -0.1) is 0 Å². The number of aliphatic carboxylic acids is 1. The number of carbonyl (C=O) groups excluding carboxylic acids is 1. The Kier molecular flexibility index (Phi) is 4.06. The van der Waals surface area contributed by atoms with Crippen molar-refractivity contribution in [1.29, 1.82) is 0 Å². The van der Waals surface area contributed by atoms with E-state index >= 15 is 0 Å². The number of nitrogens with one attached hydrogen (secondary N) is 1. The van der Waals surface area contributed by atoms with Gasteiger partial charge in [0.2, 0.25) is 0 Å². The van der Waals surface area contributed by atoms with Crippen LogP contribution in [0.25, 0.3) is 0 Å². The number of methoxy groups -OCH3 is 1. The van der Waals surface area contributed by atoms with Crippen LogP contribution in [0.3, 0.4) is 0 Å². The highest BCUT2D eigenvalue weighted by molar-refractivity contribution is 5.77. The number of rotatable bonds is 3. The molecule has 3 unspecified atom stereocenters. The molecule has 3 atom stereocenters. The molecule has 2 N–H and O–H groups in total. The van der Waals surface area contributed by atoms with Gasteiger partial charge in [-0.05, 0) is 19.3 Å². The molecule has 1 saturated carbocycles. The highest BCUT2D eigenvalue weighted by Crippen LogP contribution is 2.26. The summed E-state index contributed by atoms with van der Waals surface area (Å²) in [6.07, 6.45) is 3.22. The second kappa shape index (κ2) is 5.56. The van der Waals surface area contributed by atoms with Crippen LogP contribution in [0.15, 0.2) is 0 Å². The fraction of sp³-hybridized carbons (Fsp3) is 0.833. The first kappa shape index (κ1) is 13.1. The molecule has 0 radical (unpaired) electrons. The van der Waals surface area contributed by atoms with Gasteiger partial charge in [-0.2, -0.15) is 0 Å². The number of hydrogen-bond donors (Lipinski definition) is 2. The van der Waals surface area contributed by atoms with Crippen LogP contribution in [0.4, 0.5) is 4.79 Å². The van der Waals surface area contributed by atoms with Crippen molar-refractivity contribution in [2.24, 2.45) is 5.92 Å². The highest BCUT2D eigenvalue weighted by Gasteiger charge is 2.35. The largest absolute Gasteiger partial charge is 0.481 e. The van der Waals surface area contributed by atoms with Gasteiger partial charge in [0.1, 0.15) is 0 Å². The van der Waals surface area contributed by atoms with E-state index in [1.807, 2.05) is 0 Å². The Hall–Kier alpha value is -1.30. The Morgan fingerprint density at radius 3 is 2.72 bits per heavy atom. The van der Waals surface area contributed by atoms with E-state index in [9.17, 15) is 9.59 Å². The smallest absolute Gasteiger partial charge is 0.317 e. The highest BCUT2D eigenvalue weighted by atomic mass is 16.5. The number of carboxylic acid groups (broad SMARTS) is 1. The number of amides is 2. The summed E-state index contributed by atoms with van der Waals surface area (Å²) in [5.74, 6) is -1.25. The van der Waals surface area contributed by atoms with Crippen molar-refractivity contribution >= 4 is 12.0 Å². The molecule has 0 bridgehead atoms. The first-order valence-electron chi connectivity index (χ1n) is 6.43. The lowest BCUT2D eigenvalue weighted by molar-refractivity contribution is -0.142. The second-order valence-electron chi connectivity index (χ2n) is 5.02. The third-order valence-corrected chi connectivity index (χ3v) is 3.91. The van der Waals surface area contributed by atoms with E-state index < -0.39 is 11.9 Å². The van der Waals surface area contributed by atoms with Crippen molar-refractivity contribution in [2.45, 2.75) is 37.8 Å². The first-order chi connectivity index (χ1) is 8.61. The third-order valence-electron chi connectivity index (χ3n) is 3.91. The monoisotopic (exact) mass is 256 g/mol. The number of nitrogens with zero attached hydrogens (tertiary/aromatic N) is 1. The molecular weight excluding hydrogens is 236 g/mol. The molecule has 2 fully saturated rings. The normalized spacial score (nSPS) is 31.6. The maximum atomic E-state index is 12.0. The summed E-state index contributed by atoms with van der Waals surface area (Å²) in [5, 5.41) is 11.9. The van der Waals surface area contributed by atoms with Gasteiger partial charge in [0.25, 0.3) is 0 Å². The Labute approximate surface area is 106 Å². The maximum Gasteiger partial charge on any atom is 0.317 e. The van der Waals surface area contributed by atoms with E-state index in [4.69, 9.17) is 9.84 Å². The zero-order chi connectivity index (χ0) is 13.1. The van der Waals surface area contributed by atoms with Crippen LogP contribution in [-0.4, -0.2) is 54.4 Å². The number of likely N-dealkylation sites (tertiary alicyclic amines) is 1. The Balaban J connectivity index is 1.86. The predicted octanol–water partition coefficient (Wildman–Crippen LogP) is 0.670. The van der Waals surface area contributed by atoms with Gasteiger partial charge in [-0.3, -0.25) is 4.79 Å². The molecule has 0 aromatic heterocycles. The summed E-state index contributed by atoms with van der Waals surface area (Å²) in [5.41, 5.74) is 0. The molecule has 0 aromatic carbocycles. The van der Waals surface area contributed by atoms with Crippen LogP contribution in [0, 0.1) is 5.92 Å². The molecule has 102 valence electrons. The van der Waals surface area contributed by atoms with E-state index in [2.05, 4.69) is 5.32 Å². The Bertz CT molecular complexity index is 334. The van der Waals surface area contributed by atoms with Crippen LogP contribution in [0.1, 0.15) is 25.7 Å². The molecule has 2 aliphatic rings. The maximum absolute atomic E-state index is 12.0. The average molecular weight is 256 g/mol. The van der Waals surface area contributed by atoms with E-state index in [-0.39, 0.29) is 18.2 Å². The van der Waals surface area contributed by atoms with Crippen LogP contribution in [0.2, 0.25) is 0 Å². The third kappa shape index (κ3) is 2.75. The topological polar surface area (TPSA) is 78.9 Å². The number of carbonyl (C=O) groups is 2. The lowest BCUT2D eigenvalue weighted by Crippen LogP contribution is -2.46. The predicted molar refractivity (Wildman–Crippen MR) is 64.3 cm³/mol. The molecule has 0 aromatic rings. The van der Waals surface area contributed by atoms with Gasteiger partial charge in [-0.1, -0.05) is 6.42 Å². The molecule has 6 nitrogen and oxygen atoms in total. The number of ether oxygens (including phenoxy) is 1. The molecule has 2 rings (SSSR count). The zero-order valence-corrected chi connectivity index (χ0v) is 10.6. The summed E-state index contributed by atoms with van der Waals surface area (Å²) in [6.45, 7) is 1.27. The molecular formula is C12H20N2O4. The van der Waals surface area contributed by atoms with Crippen molar-refractivity contribution in [2.75, 3.05) is 20.2 Å². The van der Waals surface area contributed by atoms with Gasteiger partial charge >= 0.3 is 12.0 Å². The van der Waals surface area contributed by atoms with Crippen LogP contribution in [0.5, 0.6) is 0 Å². The van der Waals surface area contributed by atoms with Crippen molar-refractivity contribution in [3.63, 3.8) is 0 Å². The van der Waals surface area contributed by atoms with Crippen molar-refractivity contribution in [3.05, 3.63) is 0 Å². The fourth-order valence-corrected chi connectivity index (χ4v) is 2.78. The first-order valence-corrected chi connectivity index (χ1v) is 6.43. The van der Waals surface area contributed by atoms with E-state index in [0.29, 0.717) is 19.5 Å². The SMILES string of the molecule is COC1CCN(C(=O)NC2CCCC2C(=O)O)C1. The Morgan fingerprint density at radius 1 is 1.33 bits per heavy atom. The summed E-state index contributed by atoms with van der Waals surface area (Å²) < 4.78 is 5.21. The minimum Gasteiger partial charge on any atom is -0.481 e. The summed E-state index contributed by atoms with van der Waals surface area (Å²) in [7, 11) is 1.64. The fourth-order valence-electron chi connectivity index (χ4n) is 2.78. The van der Waals surface area contributed by atoms with Crippen molar-refractivity contribution in [1.82, 2.24) is 10.2 Å². The summed E-state index contributed by atoms with van der Waals surface area (Å²) in [4.78, 5) is 24.7. The minimum absolute atomic E-state index is 0.106. The van der Waals surface area contributed by atoms with E-state index in [1.165, 1.54) is 0 Å². The zero-order valence-electron chi connectivity index (χ0n) is 10.6. The number of hydrogen-bond acceptors (Lipinski definition) is 3. The molecule has 18 heavy (non-hydrogen) atoms. The van der Waals surface area contributed by atoms with Crippen LogP contribution < -0.4 is 5.32 Å². The van der Waals surface area contributed by atoms with Gasteiger partial charge in [-0.25, -0.2) is 4.79 Å². The van der Waals surface area contributed by atoms with Gasteiger partial charge in [0.05, 0.1) is 12.0 Å². The van der Waals surface area contributed by atoms with E-state index in [1.54, 1.807) is 12.0 Å². The molecule has 6 heteroatoms. The minimum atomic E-state index is -0.811. The van der Waals surface area contributed by atoms with Crippen LogP contribution in [-0.2, 0) is 9.53 Å².